The van der Waals surface area contributed by atoms with E-state index in [1.165, 1.54) is 6.20 Å². The Morgan fingerprint density at radius 3 is 2.45 bits per heavy atom. The minimum absolute atomic E-state index is 0.0760. The second-order valence-corrected chi connectivity index (χ2v) is 7.25. The second-order valence-electron chi connectivity index (χ2n) is 5.54. The summed E-state index contributed by atoms with van der Waals surface area (Å²) in [6.45, 7) is 6.53. The lowest BCUT2D eigenvalue weighted by molar-refractivity contribution is 0.488. The Labute approximate surface area is 122 Å². The van der Waals surface area contributed by atoms with Crippen LogP contribution < -0.4 is 10.5 Å². The van der Waals surface area contributed by atoms with Crippen molar-refractivity contribution < 1.29 is 8.42 Å². The fraction of sp³-hybridized carbons (Fsp3) is 0.643. The number of pyridine rings is 1. The van der Waals surface area contributed by atoms with E-state index >= 15 is 0 Å². The average Bonchev–Trinajstić information content (AvgIpc) is 2.37. The molecule has 6 heteroatoms. The van der Waals surface area contributed by atoms with Gasteiger partial charge in [0.15, 0.2) is 0 Å². The first kappa shape index (κ1) is 17.1. The van der Waals surface area contributed by atoms with Gasteiger partial charge in [-0.1, -0.05) is 26.7 Å². The molecule has 114 valence electrons. The van der Waals surface area contributed by atoms with Crippen LogP contribution in [0.5, 0.6) is 0 Å². The van der Waals surface area contributed by atoms with Crippen LogP contribution >= 0.6 is 0 Å². The number of nitrogens with two attached hydrogens (primary N) is 1. The number of sulfonamides is 1. The molecule has 0 amide bonds. The van der Waals surface area contributed by atoms with Crippen molar-refractivity contribution in [2.75, 3.05) is 0 Å². The molecule has 0 fully saturated rings. The van der Waals surface area contributed by atoms with E-state index < -0.39 is 10.0 Å². The number of nitrogens with zero attached hydrogens (tertiary/aromatic N) is 1. The third-order valence-electron chi connectivity index (χ3n) is 3.09. The normalized spacial score (nSPS) is 13.7. The lowest BCUT2D eigenvalue weighted by Gasteiger charge is -2.14. The quantitative estimate of drug-likeness (QED) is 0.769. The maximum Gasteiger partial charge on any atom is 0.242 e. The van der Waals surface area contributed by atoms with E-state index in [-0.39, 0.29) is 10.9 Å². The summed E-state index contributed by atoms with van der Waals surface area (Å²) >= 11 is 0. The molecule has 1 aromatic heterocycles. The SMILES string of the molecule is CC(C)CCCC(C)NS(=O)(=O)c1ccc(CN)nc1. The zero-order chi connectivity index (χ0) is 15.2. The van der Waals surface area contributed by atoms with Gasteiger partial charge in [-0.3, -0.25) is 4.98 Å². The molecule has 0 aliphatic heterocycles. The van der Waals surface area contributed by atoms with E-state index in [0.29, 0.717) is 18.2 Å². The van der Waals surface area contributed by atoms with E-state index in [4.69, 9.17) is 5.73 Å². The molecule has 1 heterocycles. The van der Waals surface area contributed by atoms with Crippen molar-refractivity contribution in [3.05, 3.63) is 24.0 Å². The molecule has 5 nitrogen and oxygen atoms in total. The Bertz CT molecular complexity index is 498. The lowest BCUT2D eigenvalue weighted by atomic mass is 10.0. The zero-order valence-corrected chi connectivity index (χ0v) is 13.3. The highest BCUT2D eigenvalue weighted by atomic mass is 32.2. The summed E-state index contributed by atoms with van der Waals surface area (Å²) in [5.41, 5.74) is 6.12. The first-order valence-corrected chi connectivity index (χ1v) is 8.50. The van der Waals surface area contributed by atoms with Gasteiger partial charge < -0.3 is 5.73 Å². The molecule has 0 aliphatic carbocycles. The van der Waals surface area contributed by atoms with Crippen molar-refractivity contribution in [1.29, 1.82) is 0 Å². The average molecular weight is 299 g/mol. The summed E-state index contributed by atoms with van der Waals surface area (Å²) in [6, 6.07) is 3.10. The van der Waals surface area contributed by atoms with Crippen molar-refractivity contribution in [2.45, 2.75) is 57.5 Å². The topological polar surface area (TPSA) is 85.1 Å². The molecule has 0 bridgehead atoms. The van der Waals surface area contributed by atoms with Crippen LogP contribution in [0, 0.1) is 5.92 Å². The fourth-order valence-corrected chi connectivity index (χ4v) is 3.14. The predicted octanol–water partition coefficient (Wildman–Crippen LogP) is 2.03. The van der Waals surface area contributed by atoms with Crippen LogP contribution in [0.1, 0.15) is 45.7 Å². The van der Waals surface area contributed by atoms with Crippen molar-refractivity contribution in [3.8, 4) is 0 Å². The van der Waals surface area contributed by atoms with Crippen LogP contribution in [0.4, 0.5) is 0 Å². The number of aromatic nitrogens is 1. The first-order chi connectivity index (χ1) is 9.35. The number of hydrogen-bond donors (Lipinski definition) is 2. The number of hydrogen-bond acceptors (Lipinski definition) is 4. The minimum atomic E-state index is -3.49. The molecule has 1 rings (SSSR count). The summed E-state index contributed by atoms with van der Waals surface area (Å²) < 4.78 is 27.0. The summed E-state index contributed by atoms with van der Waals surface area (Å²) in [5.74, 6) is 0.645. The van der Waals surface area contributed by atoms with E-state index in [1.807, 2.05) is 6.92 Å². The summed E-state index contributed by atoms with van der Waals surface area (Å²) in [4.78, 5) is 4.20. The largest absolute Gasteiger partial charge is 0.325 e. The van der Waals surface area contributed by atoms with Gasteiger partial charge >= 0.3 is 0 Å². The molecule has 0 aliphatic rings. The summed E-state index contributed by atoms with van der Waals surface area (Å²) in [6.07, 6.45) is 4.32. The van der Waals surface area contributed by atoms with Crippen LogP contribution in [0.3, 0.4) is 0 Å². The van der Waals surface area contributed by atoms with Gasteiger partial charge in [0.1, 0.15) is 4.90 Å². The van der Waals surface area contributed by atoms with Gasteiger partial charge in [-0.2, -0.15) is 0 Å². The van der Waals surface area contributed by atoms with Crippen molar-refractivity contribution in [1.82, 2.24) is 9.71 Å². The zero-order valence-electron chi connectivity index (χ0n) is 12.5. The number of rotatable bonds is 8. The maximum atomic E-state index is 12.2. The highest BCUT2D eigenvalue weighted by Crippen LogP contribution is 2.12. The Balaban J connectivity index is 2.59. The van der Waals surface area contributed by atoms with E-state index in [9.17, 15) is 8.42 Å². The Morgan fingerprint density at radius 2 is 1.95 bits per heavy atom. The smallest absolute Gasteiger partial charge is 0.242 e. The van der Waals surface area contributed by atoms with Crippen LogP contribution in [-0.2, 0) is 16.6 Å². The van der Waals surface area contributed by atoms with Crippen LogP contribution in [0.25, 0.3) is 0 Å². The van der Waals surface area contributed by atoms with E-state index in [2.05, 4.69) is 23.6 Å². The predicted molar refractivity (Wildman–Crippen MR) is 80.6 cm³/mol. The monoisotopic (exact) mass is 299 g/mol. The highest BCUT2D eigenvalue weighted by Gasteiger charge is 2.17. The standard InChI is InChI=1S/C14H25N3O2S/c1-11(2)5-4-6-12(3)17-20(18,19)14-8-7-13(9-15)16-10-14/h7-8,10-12,17H,4-6,9,15H2,1-3H3. The van der Waals surface area contributed by atoms with Gasteiger partial charge in [0.25, 0.3) is 0 Å². The maximum absolute atomic E-state index is 12.2. The molecule has 0 aromatic carbocycles. The molecule has 0 saturated carbocycles. The van der Waals surface area contributed by atoms with E-state index in [0.717, 1.165) is 19.3 Å². The Morgan fingerprint density at radius 1 is 1.25 bits per heavy atom. The van der Waals surface area contributed by atoms with Crippen LogP contribution in [-0.4, -0.2) is 19.4 Å². The fourth-order valence-electron chi connectivity index (χ4n) is 1.91. The van der Waals surface area contributed by atoms with E-state index in [1.54, 1.807) is 12.1 Å². The Kier molecular flexibility index (Phi) is 6.58. The van der Waals surface area contributed by atoms with Crippen molar-refractivity contribution in [2.24, 2.45) is 11.7 Å². The highest BCUT2D eigenvalue weighted by molar-refractivity contribution is 7.89. The lowest BCUT2D eigenvalue weighted by Crippen LogP contribution is -2.32. The number of nitrogens with one attached hydrogen (secondary N) is 1. The molecule has 0 spiro atoms. The summed E-state index contributed by atoms with van der Waals surface area (Å²) in [5, 5.41) is 0. The van der Waals surface area contributed by atoms with Gasteiger partial charge in [0.2, 0.25) is 10.0 Å². The van der Waals surface area contributed by atoms with Gasteiger partial charge in [-0.25, -0.2) is 13.1 Å². The van der Waals surface area contributed by atoms with Gasteiger partial charge in [-0.15, -0.1) is 0 Å². The third-order valence-corrected chi connectivity index (χ3v) is 4.67. The Hall–Kier alpha value is -0.980. The van der Waals surface area contributed by atoms with Gasteiger partial charge in [0.05, 0.1) is 5.69 Å². The molecule has 0 radical (unpaired) electrons. The van der Waals surface area contributed by atoms with Crippen LogP contribution in [0.2, 0.25) is 0 Å². The molecule has 1 atom stereocenters. The van der Waals surface area contributed by atoms with Crippen molar-refractivity contribution in [3.63, 3.8) is 0 Å². The minimum Gasteiger partial charge on any atom is -0.325 e. The molecule has 1 aromatic rings. The molecule has 0 saturated heterocycles. The molecular weight excluding hydrogens is 274 g/mol. The molecule has 1 unspecified atom stereocenters. The van der Waals surface area contributed by atoms with Crippen molar-refractivity contribution >= 4 is 10.0 Å². The summed E-state index contributed by atoms with van der Waals surface area (Å²) in [7, 11) is -3.49. The molecule has 3 N–H and O–H groups in total. The first-order valence-electron chi connectivity index (χ1n) is 7.02. The van der Waals surface area contributed by atoms with Gasteiger partial charge in [-0.05, 0) is 31.4 Å². The second kappa shape index (κ2) is 7.71. The van der Waals surface area contributed by atoms with Crippen LogP contribution in [0.15, 0.2) is 23.2 Å². The third kappa shape index (κ3) is 5.56. The molecule has 20 heavy (non-hydrogen) atoms. The molecular formula is C14H25N3O2S. The van der Waals surface area contributed by atoms with Gasteiger partial charge in [0, 0.05) is 18.8 Å².